The molecule has 110 valence electrons. The molecule has 2 saturated heterocycles. The molecule has 1 unspecified atom stereocenters. The van der Waals surface area contributed by atoms with Crippen LogP contribution in [0.25, 0.3) is 0 Å². The summed E-state index contributed by atoms with van der Waals surface area (Å²) in [5.41, 5.74) is 0. The molecule has 0 aromatic heterocycles. The lowest BCUT2D eigenvalue weighted by atomic mass is 10.1. The van der Waals surface area contributed by atoms with Gasteiger partial charge in [0.05, 0.1) is 12.1 Å². The van der Waals surface area contributed by atoms with Crippen LogP contribution in [0.5, 0.6) is 0 Å². The second-order valence-corrected chi connectivity index (χ2v) is 5.89. The van der Waals surface area contributed by atoms with E-state index in [1.807, 2.05) is 0 Å². The lowest BCUT2D eigenvalue weighted by Crippen LogP contribution is -2.50. The molecule has 2 heterocycles. The maximum absolute atomic E-state index is 12.6. The second kappa shape index (κ2) is 7.25. The van der Waals surface area contributed by atoms with Gasteiger partial charge >= 0.3 is 0 Å². The topological polar surface area (TPSA) is 32.8 Å². The van der Waals surface area contributed by atoms with Gasteiger partial charge in [-0.05, 0) is 32.6 Å². The number of piperidine rings is 1. The number of methoxy groups -OCH3 is 1. The van der Waals surface area contributed by atoms with Crippen molar-refractivity contribution in [1.82, 2.24) is 9.80 Å². The molecule has 0 saturated carbocycles. The van der Waals surface area contributed by atoms with Crippen LogP contribution < -0.4 is 0 Å². The number of ether oxygens (including phenoxy) is 1. The Labute approximate surface area is 117 Å². The van der Waals surface area contributed by atoms with Gasteiger partial charge in [0.15, 0.2) is 0 Å². The van der Waals surface area contributed by atoms with Gasteiger partial charge in [0.25, 0.3) is 0 Å². The van der Waals surface area contributed by atoms with Crippen LogP contribution in [-0.4, -0.2) is 61.1 Å². The van der Waals surface area contributed by atoms with Crippen molar-refractivity contribution in [3.63, 3.8) is 0 Å². The zero-order valence-electron chi connectivity index (χ0n) is 12.4. The van der Waals surface area contributed by atoms with Gasteiger partial charge in [0.2, 0.25) is 5.91 Å². The summed E-state index contributed by atoms with van der Waals surface area (Å²) in [5, 5.41) is 0. The Balaban J connectivity index is 1.84. The minimum absolute atomic E-state index is 0.0379. The van der Waals surface area contributed by atoms with Crippen molar-refractivity contribution in [1.29, 1.82) is 0 Å². The molecule has 0 radical (unpaired) electrons. The van der Waals surface area contributed by atoms with Gasteiger partial charge in [-0.25, -0.2) is 0 Å². The largest absolute Gasteiger partial charge is 0.381 e. The summed E-state index contributed by atoms with van der Waals surface area (Å²) in [4.78, 5) is 17.0. The molecule has 0 aromatic rings. The van der Waals surface area contributed by atoms with Crippen LogP contribution in [-0.2, 0) is 9.53 Å². The predicted molar refractivity (Wildman–Crippen MR) is 76.1 cm³/mol. The minimum atomic E-state index is 0.0379. The van der Waals surface area contributed by atoms with E-state index in [0.717, 1.165) is 39.0 Å². The van der Waals surface area contributed by atoms with E-state index in [1.54, 1.807) is 7.11 Å². The van der Waals surface area contributed by atoms with Gasteiger partial charge in [-0.2, -0.15) is 0 Å². The summed E-state index contributed by atoms with van der Waals surface area (Å²) >= 11 is 0. The third-order valence-corrected chi connectivity index (χ3v) is 4.63. The van der Waals surface area contributed by atoms with Gasteiger partial charge in [-0.15, -0.1) is 0 Å². The van der Waals surface area contributed by atoms with Crippen LogP contribution in [0.2, 0.25) is 0 Å². The van der Waals surface area contributed by atoms with Crippen LogP contribution in [0.3, 0.4) is 0 Å². The fraction of sp³-hybridized carbons (Fsp3) is 0.933. The maximum Gasteiger partial charge on any atom is 0.239 e. The Morgan fingerprint density at radius 1 is 1.05 bits per heavy atom. The van der Waals surface area contributed by atoms with Gasteiger partial charge in [0, 0.05) is 33.3 Å². The van der Waals surface area contributed by atoms with Crippen LogP contribution in [0, 0.1) is 0 Å². The number of likely N-dealkylation sites (tertiary alicyclic amines) is 2. The highest BCUT2D eigenvalue weighted by Gasteiger charge is 2.29. The third kappa shape index (κ3) is 3.93. The monoisotopic (exact) mass is 268 g/mol. The smallest absolute Gasteiger partial charge is 0.239 e. The zero-order chi connectivity index (χ0) is 13.7. The van der Waals surface area contributed by atoms with Gasteiger partial charge in [-0.1, -0.05) is 12.8 Å². The molecule has 4 heteroatoms. The molecule has 1 atom stereocenters. The maximum atomic E-state index is 12.6. The average Bonchev–Trinajstić information content (AvgIpc) is 2.75. The standard InChI is InChI=1S/C15H28N2O2/c1-13(16-11-7-14(19-2)8-12-16)15(18)17-9-5-3-4-6-10-17/h13-14H,3-12H2,1-2H3. The van der Waals surface area contributed by atoms with Crippen LogP contribution >= 0.6 is 0 Å². The van der Waals surface area contributed by atoms with E-state index in [-0.39, 0.29) is 6.04 Å². The van der Waals surface area contributed by atoms with Crippen molar-refractivity contribution < 1.29 is 9.53 Å². The lowest BCUT2D eigenvalue weighted by molar-refractivity contribution is -0.137. The quantitative estimate of drug-likeness (QED) is 0.783. The number of hydrogen-bond donors (Lipinski definition) is 0. The summed E-state index contributed by atoms with van der Waals surface area (Å²) in [6.45, 7) is 5.95. The first-order valence-electron chi connectivity index (χ1n) is 7.78. The number of amides is 1. The summed E-state index contributed by atoms with van der Waals surface area (Å²) in [5.74, 6) is 0.331. The lowest BCUT2D eigenvalue weighted by Gasteiger charge is -2.36. The van der Waals surface area contributed by atoms with E-state index in [9.17, 15) is 4.79 Å². The summed E-state index contributed by atoms with van der Waals surface area (Å²) in [7, 11) is 1.78. The van der Waals surface area contributed by atoms with E-state index < -0.39 is 0 Å². The number of nitrogens with zero attached hydrogens (tertiary/aromatic N) is 2. The van der Waals surface area contributed by atoms with E-state index in [4.69, 9.17) is 4.74 Å². The molecule has 2 aliphatic heterocycles. The van der Waals surface area contributed by atoms with Crippen LogP contribution in [0.4, 0.5) is 0 Å². The molecule has 0 bridgehead atoms. The third-order valence-electron chi connectivity index (χ3n) is 4.63. The summed E-state index contributed by atoms with van der Waals surface area (Å²) < 4.78 is 5.39. The van der Waals surface area contributed by atoms with Gasteiger partial charge in [0.1, 0.15) is 0 Å². The Morgan fingerprint density at radius 3 is 2.16 bits per heavy atom. The Kier molecular flexibility index (Phi) is 5.64. The first kappa shape index (κ1) is 14.8. The van der Waals surface area contributed by atoms with Gasteiger partial charge < -0.3 is 9.64 Å². The first-order valence-corrected chi connectivity index (χ1v) is 7.78. The molecule has 4 nitrogen and oxygen atoms in total. The molecular weight excluding hydrogens is 240 g/mol. The fourth-order valence-corrected chi connectivity index (χ4v) is 3.21. The Morgan fingerprint density at radius 2 is 1.63 bits per heavy atom. The van der Waals surface area contributed by atoms with Crippen molar-refractivity contribution in [2.45, 2.75) is 57.6 Å². The van der Waals surface area contributed by atoms with Crippen LogP contribution in [0.1, 0.15) is 45.4 Å². The Bertz CT molecular complexity index is 280. The minimum Gasteiger partial charge on any atom is -0.381 e. The van der Waals surface area contributed by atoms with Gasteiger partial charge in [-0.3, -0.25) is 9.69 Å². The number of carbonyl (C=O) groups excluding carboxylic acids is 1. The highest BCUT2D eigenvalue weighted by molar-refractivity contribution is 5.81. The second-order valence-electron chi connectivity index (χ2n) is 5.89. The molecular formula is C15H28N2O2. The first-order chi connectivity index (χ1) is 9.22. The predicted octanol–water partition coefficient (Wildman–Crippen LogP) is 1.89. The molecule has 0 spiro atoms. The SMILES string of the molecule is COC1CCN(C(C)C(=O)N2CCCCCC2)CC1. The van der Waals surface area contributed by atoms with Crippen molar-refractivity contribution in [2.24, 2.45) is 0 Å². The molecule has 1 amide bonds. The average molecular weight is 268 g/mol. The molecule has 2 fully saturated rings. The van der Waals surface area contributed by atoms with E-state index >= 15 is 0 Å². The normalized spacial score (nSPS) is 25.1. The summed E-state index contributed by atoms with van der Waals surface area (Å²) in [6, 6.07) is 0.0379. The van der Waals surface area contributed by atoms with Crippen LogP contribution in [0.15, 0.2) is 0 Å². The number of carbonyl (C=O) groups is 1. The highest BCUT2D eigenvalue weighted by Crippen LogP contribution is 2.18. The molecule has 2 aliphatic rings. The Hall–Kier alpha value is -0.610. The zero-order valence-corrected chi connectivity index (χ0v) is 12.4. The van der Waals surface area contributed by atoms with Crippen molar-refractivity contribution in [3.8, 4) is 0 Å². The molecule has 0 N–H and O–H groups in total. The number of hydrogen-bond acceptors (Lipinski definition) is 3. The van der Waals surface area contributed by atoms with E-state index in [0.29, 0.717) is 12.0 Å². The summed E-state index contributed by atoms with van der Waals surface area (Å²) in [6.07, 6.45) is 7.38. The fourth-order valence-electron chi connectivity index (χ4n) is 3.21. The van der Waals surface area contributed by atoms with E-state index in [2.05, 4.69) is 16.7 Å². The molecule has 0 aliphatic carbocycles. The highest BCUT2D eigenvalue weighted by atomic mass is 16.5. The van der Waals surface area contributed by atoms with Crippen molar-refractivity contribution in [2.75, 3.05) is 33.3 Å². The molecule has 19 heavy (non-hydrogen) atoms. The van der Waals surface area contributed by atoms with Crippen molar-refractivity contribution >= 4 is 5.91 Å². The van der Waals surface area contributed by atoms with Crippen molar-refractivity contribution in [3.05, 3.63) is 0 Å². The number of rotatable bonds is 3. The van der Waals surface area contributed by atoms with E-state index in [1.165, 1.54) is 25.7 Å². The molecule has 2 rings (SSSR count). The molecule has 0 aromatic carbocycles.